The van der Waals surface area contributed by atoms with Crippen LogP contribution in [0.1, 0.15) is 5.56 Å². The molecule has 1 aromatic heterocycles. The van der Waals surface area contributed by atoms with Crippen molar-refractivity contribution in [2.24, 2.45) is 0 Å². The number of hydrogen-bond donors (Lipinski definition) is 1. The van der Waals surface area contributed by atoms with Crippen LogP contribution in [-0.2, 0) is 0 Å². The number of aromatic amines is 1. The molecule has 1 aromatic carbocycles. The Kier molecular flexibility index (Phi) is 2.00. The predicted molar refractivity (Wildman–Crippen MR) is 48.7 cm³/mol. The number of nitrogens with one attached hydrogen (secondary N) is 1. The normalized spacial score (nSPS) is 9.92. The molecular formula is C10H9N2O. The summed E-state index contributed by atoms with van der Waals surface area (Å²) in [6, 6.07) is 8.25. The molecule has 0 bridgehead atoms. The second-order valence-electron chi connectivity index (χ2n) is 2.70. The molecule has 0 amide bonds. The van der Waals surface area contributed by atoms with Crippen molar-refractivity contribution < 1.29 is 4.74 Å². The first-order valence-corrected chi connectivity index (χ1v) is 4.01. The largest absolute Gasteiger partial charge is 0.425 e. The Balaban J connectivity index is 2.24. The Hall–Kier alpha value is -1.77. The van der Waals surface area contributed by atoms with E-state index in [0.29, 0.717) is 6.01 Å². The second-order valence-corrected chi connectivity index (χ2v) is 2.70. The molecular weight excluding hydrogens is 164 g/mol. The summed E-state index contributed by atoms with van der Waals surface area (Å²) in [5, 5.41) is 0. The van der Waals surface area contributed by atoms with Crippen LogP contribution >= 0.6 is 0 Å². The van der Waals surface area contributed by atoms with Crippen molar-refractivity contribution in [2.75, 3.05) is 0 Å². The molecule has 0 aliphatic rings. The Labute approximate surface area is 76.4 Å². The van der Waals surface area contributed by atoms with Gasteiger partial charge in [0.1, 0.15) is 11.9 Å². The van der Waals surface area contributed by atoms with Crippen LogP contribution in [-0.4, -0.2) is 9.97 Å². The van der Waals surface area contributed by atoms with Crippen molar-refractivity contribution in [2.45, 2.75) is 6.92 Å². The lowest BCUT2D eigenvalue weighted by Gasteiger charge is -2.03. The van der Waals surface area contributed by atoms with Gasteiger partial charge in [-0.3, -0.25) is 0 Å². The second kappa shape index (κ2) is 3.31. The third-order valence-corrected chi connectivity index (χ3v) is 1.73. The van der Waals surface area contributed by atoms with Gasteiger partial charge in [-0.1, -0.05) is 18.2 Å². The third kappa shape index (κ3) is 1.69. The Morgan fingerprint density at radius 1 is 1.38 bits per heavy atom. The van der Waals surface area contributed by atoms with Crippen LogP contribution in [0.25, 0.3) is 0 Å². The number of para-hydroxylation sites is 1. The van der Waals surface area contributed by atoms with Crippen LogP contribution in [0.2, 0.25) is 0 Å². The standard InChI is InChI=1S/C10H9N2O/c1-8-4-2-3-5-9(8)13-10-11-6-7-12-10/h2-6H,1H3,(H,11,12). The molecule has 0 saturated carbocycles. The number of benzene rings is 1. The summed E-state index contributed by atoms with van der Waals surface area (Å²) in [5.74, 6) is 0.811. The molecule has 1 radical (unpaired) electrons. The van der Waals surface area contributed by atoms with E-state index in [-0.39, 0.29) is 0 Å². The van der Waals surface area contributed by atoms with E-state index in [1.165, 1.54) is 0 Å². The van der Waals surface area contributed by atoms with Gasteiger partial charge in [-0.2, -0.15) is 4.98 Å². The maximum Gasteiger partial charge on any atom is 0.299 e. The summed E-state index contributed by atoms with van der Waals surface area (Å²) in [6.45, 7) is 1.99. The number of hydrogen-bond acceptors (Lipinski definition) is 2. The lowest BCUT2D eigenvalue weighted by Crippen LogP contribution is -1.88. The van der Waals surface area contributed by atoms with Crippen LogP contribution in [0, 0.1) is 13.1 Å². The van der Waals surface area contributed by atoms with Crippen molar-refractivity contribution in [3.05, 3.63) is 42.2 Å². The number of H-pyrrole nitrogens is 1. The molecule has 0 spiro atoms. The molecule has 0 unspecified atom stereocenters. The molecule has 1 N–H and O–H groups in total. The first-order valence-electron chi connectivity index (χ1n) is 4.01. The predicted octanol–water partition coefficient (Wildman–Crippen LogP) is 2.31. The van der Waals surface area contributed by atoms with Crippen molar-refractivity contribution in [1.29, 1.82) is 0 Å². The highest BCUT2D eigenvalue weighted by atomic mass is 16.5. The Morgan fingerprint density at radius 2 is 2.23 bits per heavy atom. The molecule has 0 aliphatic heterocycles. The molecule has 3 nitrogen and oxygen atoms in total. The van der Waals surface area contributed by atoms with Crippen LogP contribution in [0.4, 0.5) is 0 Å². The number of aryl methyl sites for hydroxylation is 1. The fourth-order valence-electron chi connectivity index (χ4n) is 1.04. The zero-order valence-corrected chi connectivity index (χ0v) is 7.24. The maximum atomic E-state index is 5.45. The summed E-state index contributed by atoms with van der Waals surface area (Å²) in [7, 11) is 0. The van der Waals surface area contributed by atoms with Crippen LogP contribution in [0.15, 0.2) is 30.5 Å². The van der Waals surface area contributed by atoms with Crippen molar-refractivity contribution >= 4 is 0 Å². The zero-order valence-electron chi connectivity index (χ0n) is 7.24. The van der Waals surface area contributed by atoms with Gasteiger partial charge < -0.3 is 9.72 Å². The highest BCUT2D eigenvalue weighted by Gasteiger charge is 2.00. The summed E-state index contributed by atoms with van der Waals surface area (Å²) < 4.78 is 5.45. The molecule has 0 atom stereocenters. The van der Waals surface area contributed by atoms with Gasteiger partial charge >= 0.3 is 0 Å². The average molecular weight is 173 g/mol. The summed E-state index contributed by atoms with van der Waals surface area (Å²) in [4.78, 5) is 6.67. The van der Waals surface area contributed by atoms with Gasteiger partial charge in [-0.05, 0) is 18.6 Å². The Morgan fingerprint density at radius 3 is 2.92 bits per heavy atom. The highest BCUT2D eigenvalue weighted by molar-refractivity contribution is 5.33. The quantitative estimate of drug-likeness (QED) is 0.756. The minimum Gasteiger partial charge on any atom is -0.425 e. The van der Waals surface area contributed by atoms with Gasteiger partial charge in [0.25, 0.3) is 6.01 Å². The summed E-state index contributed by atoms with van der Waals surface area (Å²) >= 11 is 0. The van der Waals surface area contributed by atoms with E-state index >= 15 is 0 Å². The first-order chi connectivity index (χ1) is 6.36. The smallest absolute Gasteiger partial charge is 0.299 e. The third-order valence-electron chi connectivity index (χ3n) is 1.73. The minimum atomic E-state index is 0.467. The van der Waals surface area contributed by atoms with Crippen LogP contribution < -0.4 is 4.74 Å². The molecule has 0 aliphatic carbocycles. The van der Waals surface area contributed by atoms with Crippen LogP contribution in [0.5, 0.6) is 11.8 Å². The van der Waals surface area contributed by atoms with E-state index in [1.807, 2.05) is 31.2 Å². The van der Waals surface area contributed by atoms with E-state index in [2.05, 4.69) is 16.2 Å². The number of nitrogens with zero attached hydrogens (tertiary/aromatic N) is 1. The summed E-state index contributed by atoms with van der Waals surface area (Å²) in [5.41, 5.74) is 1.08. The van der Waals surface area contributed by atoms with Gasteiger partial charge in [0, 0.05) is 6.20 Å². The molecule has 65 valence electrons. The zero-order chi connectivity index (χ0) is 9.10. The average Bonchev–Trinajstić information content (AvgIpc) is 2.61. The van der Waals surface area contributed by atoms with Crippen molar-refractivity contribution in [1.82, 2.24) is 9.97 Å². The van der Waals surface area contributed by atoms with Crippen molar-refractivity contribution in [3.63, 3.8) is 0 Å². The number of aromatic nitrogens is 2. The minimum absolute atomic E-state index is 0.467. The number of imidazole rings is 1. The van der Waals surface area contributed by atoms with E-state index in [9.17, 15) is 0 Å². The monoisotopic (exact) mass is 173 g/mol. The Bertz CT molecular complexity index is 382. The molecule has 2 rings (SSSR count). The van der Waals surface area contributed by atoms with E-state index in [4.69, 9.17) is 4.74 Å². The number of rotatable bonds is 2. The van der Waals surface area contributed by atoms with E-state index in [1.54, 1.807) is 6.20 Å². The fourth-order valence-corrected chi connectivity index (χ4v) is 1.04. The molecule has 3 heteroatoms. The molecule has 0 fully saturated rings. The fraction of sp³-hybridized carbons (Fsp3) is 0.100. The van der Waals surface area contributed by atoms with Gasteiger partial charge in [-0.15, -0.1) is 0 Å². The van der Waals surface area contributed by atoms with Gasteiger partial charge in [-0.25, -0.2) is 0 Å². The lowest BCUT2D eigenvalue weighted by molar-refractivity contribution is 0.444. The van der Waals surface area contributed by atoms with E-state index < -0.39 is 0 Å². The first kappa shape index (κ1) is 7.86. The van der Waals surface area contributed by atoms with Gasteiger partial charge in [0.2, 0.25) is 0 Å². The lowest BCUT2D eigenvalue weighted by atomic mass is 10.2. The maximum absolute atomic E-state index is 5.45. The molecule has 2 aromatic rings. The molecule has 0 saturated heterocycles. The van der Waals surface area contributed by atoms with Crippen LogP contribution in [0.3, 0.4) is 0 Å². The van der Waals surface area contributed by atoms with Gasteiger partial charge in [0.15, 0.2) is 0 Å². The SMILES string of the molecule is Cc1ccccc1Oc1n[c]c[nH]1. The summed E-state index contributed by atoms with van der Waals surface area (Å²) in [6.07, 6.45) is 4.24. The van der Waals surface area contributed by atoms with E-state index in [0.717, 1.165) is 11.3 Å². The number of ether oxygens (including phenoxy) is 1. The molecule has 13 heavy (non-hydrogen) atoms. The molecule has 1 heterocycles. The van der Waals surface area contributed by atoms with Crippen molar-refractivity contribution in [3.8, 4) is 11.8 Å². The van der Waals surface area contributed by atoms with Gasteiger partial charge in [0.05, 0.1) is 0 Å². The highest BCUT2D eigenvalue weighted by Crippen LogP contribution is 2.20. The topological polar surface area (TPSA) is 37.9 Å².